The van der Waals surface area contributed by atoms with Crippen molar-refractivity contribution in [2.24, 2.45) is 0 Å². The van der Waals surface area contributed by atoms with Crippen LogP contribution in [0.3, 0.4) is 0 Å². The maximum absolute atomic E-state index is 9.53. The molecule has 0 saturated carbocycles. The second-order valence-electron chi connectivity index (χ2n) is 5.76. The van der Waals surface area contributed by atoms with Gasteiger partial charge in [-0.05, 0) is 38.5 Å². The van der Waals surface area contributed by atoms with Crippen LogP contribution >= 0.6 is 11.6 Å². The molecular formula is C16H24ClNO3. The molecule has 5 heteroatoms. The van der Waals surface area contributed by atoms with Crippen molar-refractivity contribution in [1.82, 2.24) is 4.90 Å². The molecule has 1 heterocycles. The Morgan fingerprint density at radius 3 is 2.81 bits per heavy atom. The monoisotopic (exact) mass is 313 g/mol. The maximum Gasteiger partial charge on any atom is 0.138 e. The van der Waals surface area contributed by atoms with E-state index in [0.717, 1.165) is 25.3 Å². The summed E-state index contributed by atoms with van der Waals surface area (Å²) in [7, 11) is 0. The number of benzene rings is 1. The van der Waals surface area contributed by atoms with Crippen LogP contribution in [0.1, 0.15) is 32.4 Å². The Morgan fingerprint density at radius 1 is 1.43 bits per heavy atom. The minimum absolute atomic E-state index is 0.0636. The van der Waals surface area contributed by atoms with Gasteiger partial charge in [0.25, 0.3) is 0 Å². The molecule has 0 spiro atoms. The third-order valence-corrected chi connectivity index (χ3v) is 4.06. The van der Waals surface area contributed by atoms with Gasteiger partial charge < -0.3 is 14.6 Å². The van der Waals surface area contributed by atoms with E-state index in [1.165, 1.54) is 0 Å². The molecule has 1 fully saturated rings. The molecule has 2 atom stereocenters. The second kappa shape index (κ2) is 7.45. The van der Waals surface area contributed by atoms with E-state index in [4.69, 9.17) is 21.1 Å². The summed E-state index contributed by atoms with van der Waals surface area (Å²) < 4.78 is 11.5. The van der Waals surface area contributed by atoms with Crippen LogP contribution in [-0.4, -0.2) is 48.5 Å². The van der Waals surface area contributed by atoms with Gasteiger partial charge in [0.1, 0.15) is 18.5 Å². The predicted molar refractivity (Wildman–Crippen MR) is 84.0 cm³/mol. The van der Waals surface area contributed by atoms with Crippen LogP contribution in [0.15, 0.2) is 18.2 Å². The average molecular weight is 314 g/mol. The molecule has 1 aliphatic rings. The lowest BCUT2D eigenvalue weighted by atomic mass is 10.1. The number of hydrogen-bond donors (Lipinski definition) is 1. The summed E-state index contributed by atoms with van der Waals surface area (Å²) in [4.78, 5) is 2.38. The molecule has 2 rings (SSSR count). The van der Waals surface area contributed by atoms with Crippen molar-refractivity contribution >= 4 is 11.6 Å². The van der Waals surface area contributed by atoms with Crippen LogP contribution < -0.4 is 4.74 Å². The van der Waals surface area contributed by atoms with Gasteiger partial charge in [-0.25, -0.2) is 0 Å². The zero-order valence-electron chi connectivity index (χ0n) is 12.9. The molecule has 1 saturated heterocycles. The van der Waals surface area contributed by atoms with E-state index in [1.54, 1.807) is 19.1 Å². The summed E-state index contributed by atoms with van der Waals surface area (Å²) in [6.07, 6.45) is -0.466. The highest BCUT2D eigenvalue weighted by Crippen LogP contribution is 2.28. The van der Waals surface area contributed by atoms with E-state index in [-0.39, 0.29) is 6.10 Å². The molecule has 0 aliphatic carbocycles. The largest absolute Gasteiger partial charge is 0.489 e. The lowest BCUT2D eigenvalue weighted by molar-refractivity contribution is -0.0564. The highest BCUT2D eigenvalue weighted by Gasteiger charge is 2.23. The fraction of sp³-hybridized carbons (Fsp3) is 0.625. The number of ether oxygens (including phenoxy) is 2. The van der Waals surface area contributed by atoms with E-state index in [0.29, 0.717) is 23.4 Å². The van der Waals surface area contributed by atoms with E-state index < -0.39 is 6.10 Å². The number of morpholine rings is 1. The number of aliphatic hydroxyl groups excluding tert-OH is 1. The molecule has 118 valence electrons. The van der Waals surface area contributed by atoms with Crippen LogP contribution in [0.25, 0.3) is 0 Å². The van der Waals surface area contributed by atoms with E-state index in [9.17, 15) is 5.11 Å². The smallest absolute Gasteiger partial charge is 0.138 e. The van der Waals surface area contributed by atoms with Gasteiger partial charge >= 0.3 is 0 Å². The predicted octanol–water partition coefficient (Wildman–Crippen LogP) is 2.88. The van der Waals surface area contributed by atoms with Crippen LogP contribution in [0.5, 0.6) is 5.75 Å². The lowest BCUT2D eigenvalue weighted by Crippen LogP contribution is -2.47. The first-order valence-corrected chi connectivity index (χ1v) is 7.81. The molecular weight excluding hydrogens is 290 g/mol. The molecule has 0 amide bonds. The maximum atomic E-state index is 9.53. The van der Waals surface area contributed by atoms with Crippen molar-refractivity contribution in [2.45, 2.75) is 39.0 Å². The van der Waals surface area contributed by atoms with Gasteiger partial charge in [0.05, 0.1) is 17.7 Å². The fourth-order valence-electron chi connectivity index (χ4n) is 2.39. The lowest BCUT2D eigenvalue weighted by Gasteiger charge is -2.35. The highest BCUT2D eigenvalue weighted by atomic mass is 35.5. The first kappa shape index (κ1) is 16.6. The topological polar surface area (TPSA) is 41.9 Å². The third-order valence-electron chi connectivity index (χ3n) is 3.76. The SMILES string of the molecule is CC(O)c1ccc(OCC2CN(C(C)C)CCO2)c(Cl)c1. The molecule has 1 N–H and O–H groups in total. The fourth-order valence-corrected chi connectivity index (χ4v) is 2.63. The normalized spacial score (nSPS) is 21.5. The third kappa shape index (κ3) is 4.58. The second-order valence-corrected chi connectivity index (χ2v) is 6.17. The van der Waals surface area contributed by atoms with Crippen molar-refractivity contribution in [3.8, 4) is 5.75 Å². The molecule has 0 radical (unpaired) electrons. The van der Waals surface area contributed by atoms with E-state index in [2.05, 4.69) is 18.7 Å². The van der Waals surface area contributed by atoms with Crippen molar-refractivity contribution in [2.75, 3.05) is 26.3 Å². The minimum atomic E-state index is -0.530. The summed E-state index contributed by atoms with van der Waals surface area (Å²) in [5, 5.41) is 10.0. The van der Waals surface area contributed by atoms with Crippen LogP contribution in [0.2, 0.25) is 5.02 Å². The summed E-state index contributed by atoms with van der Waals surface area (Å²) >= 11 is 6.18. The summed E-state index contributed by atoms with van der Waals surface area (Å²) in [6, 6.07) is 5.89. The minimum Gasteiger partial charge on any atom is -0.489 e. The number of rotatable bonds is 5. The first-order chi connectivity index (χ1) is 9.97. The van der Waals surface area contributed by atoms with Gasteiger partial charge in [-0.1, -0.05) is 17.7 Å². The molecule has 4 nitrogen and oxygen atoms in total. The quantitative estimate of drug-likeness (QED) is 0.907. The summed E-state index contributed by atoms with van der Waals surface area (Å²) in [6.45, 7) is 9.16. The van der Waals surface area contributed by atoms with Crippen molar-refractivity contribution in [3.05, 3.63) is 28.8 Å². The standard InChI is InChI=1S/C16H24ClNO3/c1-11(2)18-6-7-20-14(9-18)10-21-16-5-4-13(12(3)19)8-15(16)17/h4-5,8,11-12,14,19H,6-7,9-10H2,1-3H3. The average Bonchev–Trinajstić information content (AvgIpc) is 2.46. The first-order valence-electron chi connectivity index (χ1n) is 7.43. The van der Waals surface area contributed by atoms with E-state index in [1.807, 2.05) is 6.07 Å². The van der Waals surface area contributed by atoms with Gasteiger partial charge in [0, 0.05) is 19.1 Å². The Bertz CT molecular complexity index is 465. The van der Waals surface area contributed by atoms with Crippen molar-refractivity contribution in [1.29, 1.82) is 0 Å². The molecule has 1 aromatic rings. The summed E-state index contributed by atoms with van der Waals surface area (Å²) in [5.41, 5.74) is 0.784. The molecule has 0 aromatic heterocycles. The van der Waals surface area contributed by atoms with Gasteiger partial charge in [0.15, 0.2) is 0 Å². The van der Waals surface area contributed by atoms with E-state index >= 15 is 0 Å². The highest BCUT2D eigenvalue weighted by molar-refractivity contribution is 6.32. The van der Waals surface area contributed by atoms with Crippen LogP contribution in [0.4, 0.5) is 0 Å². The molecule has 21 heavy (non-hydrogen) atoms. The van der Waals surface area contributed by atoms with Gasteiger partial charge in [0.2, 0.25) is 0 Å². The Kier molecular flexibility index (Phi) is 5.88. The number of hydrogen-bond acceptors (Lipinski definition) is 4. The van der Waals surface area contributed by atoms with Gasteiger partial charge in [-0.3, -0.25) is 4.90 Å². The Hall–Kier alpha value is -0.810. The van der Waals surface area contributed by atoms with Crippen LogP contribution in [0, 0.1) is 0 Å². The molecule has 2 unspecified atom stereocenters. The van der Waals surface area contributed by atoms with Gasteiger partial charge in [-0.2, -0.15) is 0 Å². The number of nitrogens with zero attached hydrogens (tertiary/aromatic N) is 1. The zero-order valence-corrected chi connectivity index (χ0v) is 13.6. The molecule has 1 aromatic carbocycles. The Balaban J connectivity index is 1.91. The Morgan fingerprint density at radius 2 is 2.19 bits per heavy atom. The molecule has 0 bridgehead atoms. The number of aliphatic hydroxyl groups is 1. The van der Waals surface area contributed by atoms with Gasteiger partial charge in [-0.15, -0.1) is 0 Å². The zero-order chi connectivity index (χ0) is 15.4. The molecule has 1 aliphatic heterocycles. The Labute approximate surface area is 131 Å². The number of halogens is 1. The van der Waals surface area contributed by atoms with Crippen molar-refractivity contribution in [3.63, 3.8) is 0 Å². The summed E-state index contributed by atoms with van der Waals surface area (Å²) in [5.74, 6) is 0.631. The van der Waals surface area contributed by atoms with Crippen LogP contribution in [-0.2, 0) is 4.74 Å². The van der Waals surface area contributed by atoms with Crippen molar-refractivity contribution < 1.29 is 14.6 Å².